The van der Waals surface area contributed by atoms with E-state index < -0.39 is 0 Å². The summed E-state index contributed by atoms with van der Waals surface area (Å²) in [5, 5.41) is 3.28. The zero-order valence-electron chi connectivity index (χ0n) is 10.8. The van der Waals surface area contributed by atoms with Crippen molar-refractivity contribution in [1.82, 2.24) is 5.32 Å². The van der Waals surface area contributed by atoms with E-state index in [-0.39, 0.29) is 5.83 Å². The van der Waals surface area contributed by atoms with Crippen LogP contribution in [-0.2, 0) is 0 Å². The lowest BCUT2D eigenvalue weighted by Gasteiger charge is -2.09. The molecule has 2 heteroatoms. The van der Waals surface area contributed by atoms with Crippen LogP contribution in [0.15, 0.2) is 35.8 Å². The molecule has 0 aromatic heterocycles. The van der Waals surface area contributed by atoms with E-state index in [9.17, 15) is 4.39 Å². The molecule has 16 heavy (non-hydrogen) atoms. The van der Waals surface area contributed by atoms with Crippen molar-refractivity contribution in [2.45, 2.75) is 46.5 Å². The Morgan fingerprint density at radius 1 is 1.38 bits per heavy atom. The van der Waals surface area contributed by atoms with Gasteiger partial charge in [0.2, 0.25) is 0 Å². The molecule has 0 spiro atoms. The van der Waals surface area contributed by atoms with Crippen molar-refractivity contribution in [3.63, 3.8) is 0 Å². The molecule has 1 N–H and O–H groups in total. The highest BCUT2D eigenvalue weighted by Crippen LogP contribution is 2.12. The predicted molar refractivity (Wildman–Crippen MR) is 69.9 cm³/mol. The summed E-state index contributed by atoms with van der Waals surface area (Å²) in [7, 11) is 0. The molecular weight excluding hydrogens is 201 g/mol. The van der Waals surface area contributed by atoms with Crippen LogP contribution in [0.25, 0.3) is 0 Å². The van der Waals surface area contributed by atoms with Gasteiger partial charge in [-0.25, -0.2) is 4.39 Å². The second-order valence-electron chi connectivity index (χ2n) is 3.98. The van der Waals surface area contributed by atoms with Gasteiger partial charge in [0, 0.05) is 12.2 Å². The monoisotopic (exact) mass is 225 g/mol. The van der Waals surface area contributed by atoms with E-state index >= 15 is 0 Å². The van der Waals surface area contributed by atoms with Crippen LogP contribution in [0.1, 0.15) is 46.5 Å². The van der Waals surface area contributed by atoms with Gasteiger partial charge in [-0.1, -0.05) is 26.0 Å². The fourth-order valence-corrected chi connectivity index (χ4v) is 1.38. The molecule has 0 aliphatic rings. The summed E-state index contributed by atoms with van der Waals surface area (Å²) in [6.45, 7) is 10.5. The van der Waals surface area contributed by atoms with Gasteiger partial charge in [0.15, 0.2) is 0 Å². The third-order valence-electron chi connectivity index (χ3n) is 2.38. The fraction of sp³-hybridized carbons (Fsp3) is 0.571. The zero-order chi connectivity index (χ0) is 12.4. The van der Waals surface area contributed by atoms with Crippen LogP contribution in [-0.4, -0.2) is 6.54 Å². The maximum absolute atomic E-state index is 12.7. The molecule has 0 aliphatic heterocycles. The Kier molecular flexibility index (Phi) is 8.59. The summed E-state index contributed by atoms with van der Waals surface area (Å²) in [6.07, 6.45) is 7.59. The SMILES string of the molecule is C=C(CCC(=C/C)/C=C(\C)F)NCCCC. The Bertz CT molecular complexity index is 260. The molecule has 0 amide bonds. The van der Waals surface area contributed by atoms with Crippen LogP contribution < -0.4 is 5.32 Å². The number of allylic oxidation sites excluding steroid dienone is 5. The standard InChI is InChI=1S/C14H24FN/c1-5-7-10-16-13(4)8-9-14(6-2)11-12(3)15/h6,11,16H,4-5,7-10H2,1-3H3/b12-11+,14-6-. The molecule has 1 nitrogen and oxygen atoms in total. The summed E-state index contributed by atoms with van der Waals surface area (Å²) < 4.78 is 12.7. The molecule has 0 fully saturated rings. The highest BCUT2D eigenvalue weighted by Gasteiger charge is 1.97. The number of hydrogen-bond acceptors (Lipinski definition) is 1. The molecule has 0 radical (unpaired) electrons. The van der Waals surface area contributed by atoms with Gasteiger partial charge < -0.3 is 5.32 Å². The molecular formula is C14H24FN. The smallest absolute Gasteiger partial charge is 0.0971 e. The lowest BCUT2D eigenvalue weighted by atomic mass is 10.1. The van der Waals surface area contributed by atoms with Crippen LogP contribution in [0.3, 0.4) is 0 Å². The molecule has 0 aromatic rings. The van der Waals surface area contributed by atoms with Gasteiger partial charge in [-0.05, 0) is 44.8 Å². The van der Waals surface area contributed by atoms with Gasteiger partial charge in [0.1, 0.15) is 0 Å². The van der Waals surface area contributed by atoms with Gasteiger partial charge in [-0.3, -0.25) is 0 Å². The lowest BCUT2D eigenvalue weighted by Crippen LogP contribution is -2.13. The first-order valence-corrected chi connectivity index (χ1v) is 6.00. The summed E-state index contributed by atoms with van der Waals surface area (Å²) in [5.41, 5.74) is 2.07. The Balaban J connectivity index is 3.86. The number of hydrogen-bond donors (Lipinski definition) is 1. The van der Waals surface area contributed by atoms with Gasteiger partial charge in [-0.15, -0.1) is 0 Å². The van der Waals surface area contributed by atoms with Crippen LogP contribution in [0.2, 0.25) is 0 Å². The average molecular weight is 225 g/mol. The summed E-state index contributed by atoms with van der Waals surface area (Å²) in [5.74, 6) is -0.141. The minimum Gasteiger partial charge on any atom is -0.389 e. The molecule has 0 atom stereocenters. The first kappa shape index (κ1) is 14.9. The average Bonchev–Trinajstić information content (AvgIpc) is 2.24. The topological polar surface area (TPSA) is 12.0 Å². The molecule has 0 saturated carbocycles. The maximum Gasteiger partial charge on any atom is 0.0971 e. The van der Waals surface area contributed by atoms with Crippen molar-refractivity contribution in [3.8, 4) is 0 Å². The normalized spacial score (nSPS) is 12.8. The van der Waals surface area contributed by atoms with Crippen LogP contribution in [0.5, 0.6) is 0 Å². The molecule has 0 aliphatic carbocycles. The quantitative estimate of drug-likeness (QED) is 0.474. The van der Waals surface area contributed by atoms with E-state index in [0.29, 0.717) is 0 Å². The Morgan fingerprint density at radius 3 is 2.56 bits per heavy atom. The Morgan fingerprint density at radius 2 is 2.06 bits per heavy atom. The van der Waals surface area contributed by atoms with Gasteiger partial charge in [0.25, 0.3) is 0 Å². The minimum atomic E-state index is -0.141. The molecule has 0 heterocycles. The van der Waals surface area contributed by atoms with Crippen LogP contribution in [0, 0.1) is 0 Å². The van der Waals surface area contributed by atoms with Crippen molar-refractivity contribution in [3.05, 3.63) is 35.8 Å². The number of rotatable bonds is 8. The minimum absolute atomic E-state index is 0.141. The maximum atomic E-state index is 12.7. The van der Waals surface area contributed by atoms with E-state index in [4.69, 9.17) is 0 Å². The van der Waals surface area contributed by atoms with E-state index in [2.05, 4.69) is 18.8 Å². The largest absolute Gasteiger partial charge is 0.389 e. The van der Waals surface area contributed by atoms with Crippen LogP contribution in [0.4, 0.5) is 4.39 Å². The number of unbranched alkanes of at least 4 members (excludes halogenated alkanes) is 1. The molecule has 92 valence electrons. The zero-order valence-corrected chi connectivity index (χ0v) is 10.8. The van der Waals surface area contributed by atoms with Gasteiger partial charge >= 0.3 is 0 Å². The van der Waals surface area contributed by atoms with E-state index in [1.807, 2.05) is 13.0 Å². The second kappa shape index (κ2) is 9.20. The van der Waals surface area contributed by atoms with E-state index in [0.717, 1.165) is 30.7 Å². The molecule has 0 unspecified atom stereocenters. The first-order chi connectivity index (χ1) is 7.60. The predicted octanol–water partition coefficient (Wildman–Crippen LogP) is 4.49. The van der Waals surface area contributed by atoms with Gasteiger partial charge in [0.05, 0.1) is 5.83 Å². The van der Waals surface area contributed by atoms with E-state index in [1.165, 1.54) is 19.8 Å². The molecule has 0 saturated heterocycles. The van der Waals surface area contributed by atoms with Crippen molar-refractivity contribution in [1.29, 1.82) is 0 Å². The third kappa shape index (κ3) is 8.27. The Hall–Kier alpha value is -1.05. The number of nitrogens with one attached hydrogen (secondary N) is 1. The highest BCUT2D eigenvalue weighted by molar-refractivity contribution is 5.20. The van der Waals surface area contributed by atoms with Gasteiger partial charge in [-0.2, -0.15) is 0 Å². The second-order valence-corrected chi connectivity index (χ2v) is 3.98. The van der Waals surface area contributed by atoms with Crippen molar-refractivity contribution < 1.29 is 4.39 Å². The van der Waals surface area contributed by atoms with Crippen molar-refractivity contribution >= 4 is 0 Å². The Labute approximate surface area is 99.1 Å². The highest BCUT2D eigenvalue weighted by atomic mass is 19.1. The summed E-state index contributed by atoms with van der Waals surface area (Å²) in [6, 6.07) is 0. The van der Waals surface area contributed by atoms with Crippen molar-refractivity contribution in [2.75, 3.05) is 6.54 Å². The molecule has 0 aromatic carbocycles. The summed E-state index contributed by atoms with van der Waals surface area (Å²) >= 11 is 0. The van der Waals surface area contributed by atoms with E-state index in [1.54, 1.807) is 6.08 Å². The lowest BCUT2D eigenvalue weighted by molar-refractivity contribution is 0.637. The van der Waals surface area contributed by atoms with Crippen molar-refractivity contribution in [2.24, 2.45) is 0 Å². The molecule has 0 bridgehead atoms. The number of halogens is 1. The fourth-order valence-electron chi connectivity index (χ4n) is 1.38. The molecule has 0 rings (SSSR count). The first-order valence-electron chi connectivity index (χ1n) is 6.00. The summed E-state index contributed by atoms with van der Waals surface area (Å²) in [4.78, 5) is 0. The third-order valence-corrected chi connectivity index (χ3v) is 2.38. The van der Waals surface area contributed by atoms with Crippen LogP contribution >= 0.6 is 0 Å².